The minimum absolute atomic E-state index is 0.0247. The topological polar surface area (TPSA) is 57.9 Å². The maximum Gasteiger partial charge on any atom is 0.176 e. The molecule has 0 aromatic rings. The van der Waals surface area contributed by atoms with Crippen molar-refractivity contribution in [3.8, 4) is 6.07 Å². The summed E-state index contributed by atoms with van der Waals surface area (Å²) in [6.45, 7) is 16.1. The van der Waals surface area contributed by atoms with Crippen molar-refractivity contribution < 1.29 is 9.59 Å². The number of carbonyl (C=O) groups excluding carboxylic acids is 2. The molecular weight excluding hydrogens is 406 g/mol. The van der Waals surface area contributed by atoms with Gasteiger partial charge in [0.2, 0.25) is 0 Å². The van der Waals surface area contributed by atoms with Gasteiger partial charge in [-0.05, 0) is 85.0 Å². The first-order valence-corrected chi connectivity index (χ1v) is 13.2. The van der Waals surface area contributed by atoms with Crippen LogP contribution in [0.15, 0.2) is 23.3 Å². The molecule has 0 bridgehead atoms. The predicted molar refractivity (Wildman–Crippen MR) is 132 cm³/mol. The highest BCUT2D eigenvalue weighted by Gasteiger charge is 2.60. The lowest BCUT2D eigenvalue weighted by molar-refractivity contribution is -0.126. The van der Waals surface area contributed by atoms with Crippen LogP contribution in [-0.2, 0) is 9.59 Å². The summed E-state index contributed by atoms with van der Waals surface area (Å²) >= 11 is 0. The minimum atomic E-state index is -0.398. The van der Waals surface area contributed by atoms with E-state index in [-0.39, 0.29) is 39.8 Å². The molecule has 180 valence electrons. The van der Waals surface area contributed by atoms with E-state index < -0.39 is 5.41 Å². The average molecular weight is 450 g/mol. The van der Waals surface area contributed by atoms with Gasteiger partial charge in [-0.25, -0.2) is 0 Å². The van der Waals surface area contributed by atoms with E-state index in [1.54, 1.807) is 0 Å². The fraction of sp³-hybridized carbons (Fsp3) is 0.767. The summed E-state index contributed by atoms with van der Waals surface area (Å²) in [5, 5.41) is 9.66. The zero-order valence-corrected chi connectivity index (χ0v) is 21.9. The van der Waals surface area contributed by atoms with Crippen LogP contribution in [0.3, 0.4) is 0 Å². The normalized spacial score (nSPS) is 44.8. The summed E-state index contributed by atoms with van der Waals surface area (Å²) in [7, 11) is 0. The maximum absolute atomic E-state index is 13.2. The highest BCUT2D eigenvalue weighted by Crippen LogP contribution is 2.67. The molecule has 0 aromatic heterocycles. The maximum atomic E-state index is 13.2. The lowest BCUT2D eigenvalue weighted by Crippen LogP contribution is -2.55. The third-order valence-corrected chi connectivity index (χ3v) is 10.9. The molecule has 0 aliphatic heterocycles. The zero-order chi connectivity index (χ0) is 24.4. The van der Waals surface area contributed by atoms with Gasteiger partial charge in [-0.1, -0.05) is 60.1 Å². The molecule has 4 aliphatic carbocycles. The monoisotopic (exact) mass is 449 g/mol. The summed E-state index contributed by atoms with van der Waals surface area (Å²) in [6.07, 6.45) is 12.6. The molecule has 3 nitrogen and oxygen atoms in total. The van der Waals surface area contributed by atoms with Crippen LogP contribution in [0.4, 0.5) is 0 Å². The first-order chi connectivity index (χ1) is 15.3. The molecule has 2 fully saturated rings. The number of nitrogens with zero attached hydrogens (tertiary/aromatic N) is 1. The summed E-state index contributed by atoms with van der Waals surface area (Å²) in [5.74, 6) is 1.67. The van der Waals surface area contributed by atoms with Gasteiger partial charge in [0.25, 0.3) is 0 Å². The van der Waals surface area contributed by atoms with Crippen molar-refractivity contribution in [2.24, 2.45) is 45.3 Å². The SMILES string of the molecule is C[C@@H]1C(=O)C(C#N)=C[C@]2(C)C3=CC(=O)C[C@@](C)(CCC4CCC(C)(C)C[C@@H]4C)[C@]3(C)CC[C@@H]12. The van der Waals surface area contributed by atoms with E-state index in [1.165, 1.54) is 31.3 Å². The third kappa shape index (κ3) is 3.77. The third-order valence-electron chi connectivity index (χ3n) is 10.9. The second-order valence-electron chi connectivity index (χ2n) is 13.5. The van der Waals surface area contributed by atoms with Crippen molar-refractivity contribution in [1.82, 2.24) is 0 Å². The van der Waals surface area contributed by atoms with Crippen LogP contribution < -0.4 is 0 Å². The molecule has 0 heterocycles. The van der Waals surface area contributed by atoms with E-state index in [1.807, 2.05) is 19.1 Å². The Kier molecular flexibility index (Phi) is 5.87. The fourth-order valence-corrected chi connectivity index (χ4v) is 8.54. The molecule has 0 spiro atoms. The van der Waals surface area contributed by atoms with E-state index in [0.29, 0.717) is 11.8 Å². The van der Waals surface area contributed by atoms with E-state index >= 15 is 0 Å². The van der Waals surface area contributed by atoms with Gasteiger partial charge >= 0.3 is 0 Å². The Labute approximate surface area is 201 Å². The molecule has 3 heteroatoms. The Hall–Kier alpha value is -1.69. The lowest BCUT2D eigenvalue weighted by Gasteiger charge is -2.61. The van der Waals surface area contributed by atoms with E-state index in [9.17, 15) is 14.9 Å². The molecule has 1 unspecified atom stereocenters. The zero-order valence-electron chi connectivity index (χ0n) is 21.9. The van der Waals surface area contributed by atoms with Gasteiger partial charge in [0, 0.05) is 17.8 Å². The minimum Gasteiger partial charge on any atom is -0.295 e. The van der Waals surface area contributed by atoms with E-state index in [2.05, 4.69) is 47.6 Å². The molecule has 0 saturated heterocycles. The van der Waals surface area contributed by atoms with Crippen molar-refractivity contribution in [3.63, 3.8) is 0 Å². The van der Waals surface area contributed by atoms with Crippen LogP contribution in [0.5, 0.6) is 0 Å². The summed E-state index contributed by atoms with van der Waals surface area (Å²) in [4.78, 5) is 25.9. The van der Waals surface area contributed by atoms with Gasteiger partial charge in [-0.3, -0.25) is 9.59 Å². The number of Topliss-reactive ketones (excluding diaryl/α,β-unsaturated/α-hetero) is 1. The largest absolute Gasteiger partial charge is 0.295 e. The fourth-order valence-electron chi connectivity index (χ4n) is 8.54. The molecule has 0 aromatic carbocycles. The van der Waals surface area contributed by atoms with Crippen molar-refractivity contribution in [2.75, 3.05) is 0 Å². The smallest absolute Gasteiger partial charge is 0.176 e. The average Bonchev–Trinajstić information content (AvgIpc) is 2.71. The van der Waals surface area contributed by atoms with Crippen LogP contribution in [0, 0.1) is 56.7 Å². The van der Waals surface area contributed by atoms with Gasteiger partial charge in [0.15, 0.2) is 11.6 Å². The molecule has 0 amide bonds. The highest BCUT2D eigenvalue weighted by molar-refractivity contribution is 6.02. The van der Waals surface area contributed by atoms with Gasteiger partial charge in [0.1, 0.15) is 6.07 Å². The second kappa shape index (κ2) is 7.93. The molecule has 4 rings (SSSR count). The van der Waals surface area contributed by atoms with Crippen molar-refractivity contribution >= 4 is 11.6 Å². The van der Waals surface area contributed by atoms with E-state index in [0.717, 1.165) is 31.1 Å². The van der Waals surface area contributed by atoms with Crippen molar-refractivity contribution in [1.29, 1.82) is 5.26 Å². The Balaban J connectivity index is 1.66. The molecule has 0 N–H and O–H groups in total. The molecule has 0 radical (unpaired) electrons. The molecule has 7 atom stereocenters. The molecule has 4 aliphatic rings. The number of fused-ring (bicyclic) bond motifs is 3. The molecule has 33 heavy (non-hydrogen) atoms. The number of hydrogen-bond acceptors (Lipinski definition) is 3. The summed E-state index contributed by atoms with van der Waals surface area (Å²) in [5.41, 5.74) is 1.36. The standard InChI is InChI=1S/C30H43NO2/c1-19-15-27(3,4)11-8-21(19)9-12-28(5)17-23(32)14-25-29(6)16-22(18-31)26(33)20(2)24(29)10-13-30(25,28)7/h14,16,19-21,24H,8-13,15,17H2,1-7H3/t19-,20-,21?,24-,28+,29-,30+/m0/s1. The van der Waals surface area contributed by atoms with Crippen LogP contribution in [0.1, 0.15) is 99.8 Å². The van der Waals surface area contributed by atoms with Crippen molar-refractivity contribution in [3.05, 3.63) is 23.3 Å². The highest BCUT2D eigenvalue weighted by atomic mass is 16.1. The van der Waals surface area contributed by atoms with Crippen molar-refractivity contribution in [2.45, 2.75) is 99.8 Å². The van der Waals surface area contributed by atoms with Gasteiger partial charge in [-0.15, -0.1) is 0 Å². The van der Waals surface area contributed by atoms with Gasteiger partial charge in [0.05, 0.1) is 5.57 Å². The predicted octanol–water partition coefficient (Wildman–Crippen LogP) is 7.23. The number of allylic oxidation sites excluding steroid dienone is 4. The first kappa shape index (κ1) is 24.4. The molecule has 2 saturated carbocycles. The van der Waals surface area contributed by atoms with Crippen LogP contribution in [0.25, 0.3) is 0 Å². The van der Waals surface area contributed by atoms with Gasteiger partial charge < -0.3 is 0 Å². The van der Waals surface area contributed by atoms with E-state index in [4.69, 9.17) is 0 Å². The van der Waals surface area contributed by atoms with Crippen LogP contribution in [-0.4, -0.2) is 11.6 Å². The Morgan fingerprint density at radius 3 is 2.39 bits per heavy atom. The van der Waals surface area contributed by atoms with Crippen LogP contribution in [0.2, 0.25) is 0 Å². The number of nitriles is 1. The first-order valence-electron chi connectivity index (χ1n) is 13.2. The summed E-state index contributed by atoms with van der Waals surface area (Å²) in [6, 6.07) is 2.16. The lowest BCUT2D eigenvalue weighted by atomic mass is 9.42. The quantitative estimate of drug-likeness (QED) is 0.457. The Morgan fingerprint density at radius 1 is 1.06 bits per heavy atom. The number of carbonyl (C=O) groups is 2. The second-order valence-corrected chi connectivity index (χ2v) is 13.5. The summed E-state index contributed by atoms with van der Waals surface area (Å²) < 4.78 is 0. The Morgan fingerprint density at radius 2 is 1.76 bits per heavy atom. The number of ketones is 2. The Bertz CT molecular complexity index is 964. The number of rotatable bonds is 3. The van der Waals surface area contributed by atoms with Gasteiger partial charge in [-0.2, -0.15) is 5.26 Å². The number of hydrogen-bond donors (Lipinski definition) is 0. The molecular formula is C30H43NO2. The van der Waals surface area contributed by atoms with Crippen LogP contribution >= 0.6 is 0 Å².